The molecule has 0 radical (unpaired) electrons. The average molecular weight is 630 g/mol. The van der Waals surface area contributed by atoms with Gasteiger partial charge in [0.15, 0.2) is 27.6 Å². The molecule has 196 valence electrons. The number of halogens is 7. The smallest absolute Gasteiger partial charge is 0.176 e. The summed E-state index contributed by atoms with van der Waals surface area (Å²) in [5.74, 6) is -2.91. The number of anilines is 1. The largest absolute Gasteiger partial charge is 0.381 e. The molecule has 3 aromatic heterocycles. The van der Waals surface area contributed by atoms with E-state index in [0.29, 0.717) is 17.4 Å². The minimum absolute atomic E-state index is 0.0373. The number of hydrogen-bond acceptors (Lipinski definition) is 6. The topological polar surface area (TPSA) is 99.1 Å². The van der Waals surface area contributed by atoms with E-state index < -0.39 is 29.1 Å². The lowest BCUT2D eigenvalue weighted by Crippen LogP contribution is -2.03. The molecule has 0 saturated carbocycles. The molecule has 0 aliphatic carbocycles. The number of nitrogens with zero attached hydrogens (tertiary/aromatic N) is 5. The van der Waals surface area contributed by atoms with Crippen LogP contribution in [0, 0.1) is 23.3 Å². The molecule has 0 aliphatic heterocycles. The van der Waals surface area contributed by atoms with E-state index in [1.165, 1.54) is 30.7 Å². The van der Waals surface area contributed by atoms with E-state index in [0.717, 1.165) is 18.2 Å². The Morgan fingerprint density at radius 2 is 1.53 bits per heavy atom. The zero-order chi connectivity index (χ0) is 27.8. The van der Waals surface area contributed by atoms with Gasteiger partial charge in [-0.1, -0.05) is 39.1 Å². The number of nitrogens with two attached hydrogens (primary N) is 1. The maximum Gasteiger partial charge on any atom is 0.176 e. The molecule has 2 N–H and O–H groups in total. The van der Waals surface area contributed by atoms with Gasteiger partial charge in [0.05, 0.1) is 16.6 Å². The van der Waals surface area contributed by atoms with E-state index >= 15 is 0 Å². The summed E-state index contributed by atoms with van der Waals surface area (Å²) in [6.45, 7) is 0. The summed E-state index contributed by atoms with van der Waals surface area (Å²) in [5.41, 5.74) is 6.15. The number of carbonyl (C=O) groups is 1. The van der Waals surface area contributed by atoms with Crippen LogP contribution in [0.2, 0.25) is 10.3 Å². The minimum Gasteiger partial charge on any atom is -0.381 e. The lowest BCUT2D eigenvalue weighted by molar-refractivity contribution is 0.102. The Balaban J connectivity index is 0.000000173. The van der Waals surface area contributed by atoms with E-state index in [-0.39, 0.29) is 32.6 Å². The molecule has 14 heteroatoms. The molecule has 0 fully saturated rings. The second kappa shape index (κ2) is 13.3. The van der Waals surface area contributed by atoms with Gasteiger partial charge < -0.3 is 10.1 Å². The highest BCUT2D eigenvalue weighted by molar-refractivity contribution is 9.09. The molecule has 0 amide bonds. The van der Waals surface area contributed by atoms with E-state index in [9.17, 15) is 22.4 Å². The van der Waals surface area contributed by atoms with Crippen molar-refractivity contribution < 1.29 is 22.4 Å². The Labute approximate surface area is 231 Å². The number of nitrogen functional groups attached to an aromatic ring is 1. The minimum atomic E-state index is -0.820. The number of alkyl halides is 1. The van der Waals surface area contributed by atoms with E-state index in [1.54, 1.807) is 16.8 Å². The van der Waals surface area contributed by atoms with E-state index in [4.69, 9.17) is 28.9 Å². The van der Waals surface area contributed by atoms with Gasteiger partial charge in [-0.25, -0.2) is 37.5 Å². The Hall–Kier alpha value is -3.61. The highest BCUT2D eigenvalue weighted by Gasteiger charge is 2.12. The third-order valence-corrected chi connectivity index (χ3v) is 5.64. The molecule has 0 atom stereocenters. The molecule has 0 aliphatic rings. The van der Waals surface area contributed by atoms with Gasteiger partial charge in [0, 0.05) is 48.7 Å². The van der Waals surface area contributed by atoms with Gasteiger partial charge >= 0.3 is 0 Å². The first-order chi connectivity index (χ1) is 18.1. The van der Waals surface area contributed by atoms with Crippen LogP contribution in [0.4, 0.5) is 23.4 Å². The molecule has 0 saturated heterocycles. The Morgan fingerprint density at radius 1 is 0.895 bits per heavy atom. The van der Waals surface area contributed by atoms with Crippen molar-refractivity contribution in [1.29, 1.82) is 0 Å². The zero-order valence-corrected chi connectivity index (χ0v) is 22.0. The summed E-state index contributed by atoms with van der Waals surface area (Å²) in [5, 5.41) is 0.522. The van der Waals surface area contributed by atoms with Crippen molar-refractivity contribution in [3.63, 3.8) is 0 Å². The van der Waals surface area contributed by atoms with Crippen LogP contribution in [0.1, 0.15) is 10.4 Å². The van der Waals surface area contributed by atoms with Crippen molar-refractivity contribution in [2.45, 2.75) is 0 Å². The molecule has 5 rings (SSSR count). The van der Waals surface area contributed by atoms with Gasteiger partial charge in [0.25, 0.3) is 0 Å². The molecule has 3 heterocycles. The first kappa shape index (κ1) is 29.0. The Morgan fingerprint density at radius 3 is 2.08 bits per heavy atom. The fraction of sp³-hybridized carbons (Fsp3) is 0.0417. The van der Waals surface area contributed by atoms with Gasteiger partial charge in [0.1, 0.15) is 23.3 Å². The van der Waals surface area contributed by atoms with E-state index in [2.05, 4.69) is 35.9 Å². The van der Waals surface area contributed by atoms with Crippen molar-refractivity contribution >= 4 is 56.4 Å². The highest BCUT2D eigenvalue weighted by Crippen LogP contribution is 2.24. The molecule has 7 nitrogen and oxygen atoms in total. The average Bonchev–Trinajstić information content (AvgIpc) is 3.32. The number of ketones is 1. The third kappa shape index (κ3) is 7.46. The number of hydrogen-bond donors (Lipinski definition) is 1. The monoisotopic (exact) mass is 628 g/mol. The molecular formula is C24H15BrCl2F4N6O. The summed E-state index contributed by atoms with van der Waals surface area (Å²) in [6, 6.07) is 6.22. The molecule has 2 aromatic carbocycles. The second-order valence-electron chi connectivity index (χ2n) is 7.11. The first-order valence-electron chi connectivity index (χ1n) is 10.3. The maximum atomic E-state index is 13.6. The number of carbonyl (C=O) groups excluding carboxylic acids is 1. The predicted octanol–water partition coefficient (Wildman–Crippen LogP) is 6.58. The van der Waals surface area contributed by atoms with Crippen LogP contribution in [0.25, 0.3) is 16.9 Å². The Kier molecular flexibility index (Phi) is 10.1. The number of rotatable bonds is 3. The predicted molar refractivity (Wildman–Crippen MR) is 139 cm³/mol. The standard InChI is InChI=1S/C12H6ClF2N3.C8H5BrF2O.C4H4ClN3/c13-11-12-17-10(6-18(12)4-3-16-11)8-2-1-7(14)5-9(8)15;9-4-8(12)6-2-1-5(10)3-7(6)11;5-3-4(6)8-2-1-7-3/h1-6H;1-3H,4H2;1-2H,(H2,6,8). The second-order valence-corrected chi connectivity index (χ2v) is 8.39. The molecule has 5 aromatic rings. The number of fused-ring (bicyclic) bond motifs is 1. The molecule has 0 spiro atoms. The molecule has 0 bridgehead atoms. The lowest BCUT2D eigenvalue weighted by atomic mass is 10.1. The normalized spacial score (nSPS) is 10.3. The Bertz CT molecular complexity index is 1570. The zero-order valence-electron chi connectivity index (χ0n) is 18.9. The van der Waals surface area contributed by atoms with Crippen LogP contribution < -0.4 is 5.73 Å². The molecule has 0 unspecified atom stereocenters. The first-order valence-corrected chi connectivity index (χ1v) is 12.2. The number of benzene rings is 2. The highest BCUT2D eigenvalue weighted by atomic mass is 79.9. The van der Waals surface area contributed by atoms with Crippen LogP contribution in [0.3, 0.4) is 0 Å². The summed E-state index contributed by atoms with van der Waals surface area (Å²) in [6.07, 6.45) is 7.75. The van der Waals surface area contributed by atoms with Crippen molar-refractivity contribution in [2.75, 3.05) is 11.1 Å². The summed E-state index contributed by atoms with van der Waals surface area (Å²) >= 11 is 14.2. The van der Waals surface area contributed by atoms with Crippen molar-refractivity contribution in [2.24, 2.45) is 0 Å². The van der Waals surface area contributed by atoms with Gasteiger partial charge in [-0.15, -0.1) is 0 Å². The molecule has 38 heavy (non-hydrogen) atoms. The van der Waals surface area contributed by atoms with Gasteiger partial charge in [-0.3, -0.25) is 4.79 Å². The fourth-order valence-corrected chi connectivity index (χ4v) is 3.44. The molecular weight excluding hydrogens is 615 g/mol. The number of Topliss-reactive ketones (excluding diaryl/α,β-unsaturated/α-hetero) is 1. The third-order valence-electron chi connectivity index (χ3n) is 4.57. The van der Waals surface area contributed by atoms with Crippen molar-refractivity contribution in [1.82, 2.24) is 24.3 Å². The van der Waals surface area contributed by atoms with Crippen molar-refractivity contribution in [3.8, 4) is 11.3 Å². The number of aromatic nitrogens is 5. The maximum absolute atomic E-state index is 13.6. The lowest BCUT2D eigenvalue weighted by Gasteiger charge is -1.98. The fourth-order valence-electron chi connectivity index (χ4n) is 2.83. The SMILES string of the molecule is Fc1ccc(-c2cn3ccnc(Cl)c3n2)c(F)c1.Nc1nccnc1Cl.O=C(CBr)c1ccc(F)cc1F. The van der Waals surface area contributed by atoms with Crippen molar-refractivity contribution in [3.05, 3.63) is 107 Å². The van der Waals surface area contributed by atoms with E-state index in [1.807, 2.05) is 0 Å². The van der Waals surface area contributed by atoms with Gasteiger partial charge in [-0.05, 0) is 24.3 Å². The van der Waals surface area contributed by atoms with Crippen LogP contribution in [0.5, 0.6) is 0 Å². The summed E-state index contributed by atoms with van der Waals surface area (Å²) in [7, 11) is 0. The summed E-state index contributed by atoms with van der Waals surface area (Å²) < 4.78 is 53.3. The van der Waals surface area contributed by atoms with Crippen LogP contribution >= 0.6 is 39.1 Å². The summed E-state index contributed by atoms with van der Waals surface area (Å²) in [4.78, 5) is 26.3. The van der Waals surface area contributed by atoms with Crippen LogP contribution in [-0.2, 0) is 0 Å². The van der Waals surface area contributed by atoms with Crippen LogP contribution in [0.15, 0.2) is 67.4 Å². The van der Waals surface area contributed by atoms with Gasteiger partial charge in [-0.2, -0.15) is 0 Å². The quantitative estimate of drug-likeness (QED) is 0.137. The van der Waals surface area contributed by atoms with Crippen LogP contribution in [-0.4, -0.2) is 35.4 Å². The van der Waals surface area contributed by atoms with Gasteiger partial charge in [0.2, 0.25) is 0 Å². The number of imidazole rings is 1.